The Bertz CT molecular complexity index is 304. The SMILES string of the molecule is CC=C(CN)C(Cc1ccccc1)NC. The first kappa shape index (κ1) is 12.0. The maximum Gasteiger partial charge on any atom is 0.0329 e. The number of rotatable bonds is 5. The maximum absolute atomic E-state index is 5.71. The molecule has 2 heteroatoms. The van der Waals surface area contributed by atoms with Crippen LogP contribution in [0.1, 0.15) is 12.5 Å². The van der Waals surface area contributed by atoms with Gasteiger partial charge in [-0.05, 0) is 31.5 Å². The predicted molar refractivity (Wildman–Crippen MR) is 65.8 cm³/mol. The van der Waals surface area contributed by atoms with Crippen LogP contribution in [-0.4, -0.2) is 19.6 Å². The molecule has 0 aliphatic rings. The molecule has 1 aromatic carbocycles. The standard InChI is InChI=1S/C13H20N2/c1-3-12(10-14)13(15-2)9-11-7-5-4-6-8-11/h3-8,13,15H,9-10,14H2,1-2H3. The summed E-state index contributed by atoms with van der Waals surface area (Å²) in [5.41, 5.74) is 8.31. The van der Waals surface area contributed by atoms with Gasteiger partial charge in [-0.3, -0.25) is 0 Å². The number of nitrogens with one attached hydrogen (secondary N) is 1. The van der Waals surface area contributed by atoms with Crippen LogP contribution >= 0.6 is 0 Å². The molecule has 0 aliphatic carbocycles. The Labute approximate surface area is 92.2 Å². The van der Waals surface area contributed by atoms with Crippen LogP contribution in [0.5, 0.6) is 0 Å². The van der Waals surface area contributed by atoms with Crippen molar-refractivity contribution in [2.24, 2.45) is 5.73 Å². The Morgan fingerprint density at radius 2 is 2.07 bits per heavy atom. The van der Waals surface area contributed by atoms with Gasteiger partial charge in [0.15, 0.2) is 0 Å². The topological polar surface area (TPSA) is 38.0 Å². The van der Waals surface area contributed by atoms with Crippen LogP contribution in [0.3, 0.4) is 0 Å². The first-order chi connectivity index (χ1) is 7.31. The lowest BCUT2D eigenvalue weighted by molar-refractivity contribution is 0.621. The normalized spacial score (nSPS) is 13.9. The van der Waals surface area contributed by atoms with E-state index in [4.69, 9.17) is 5.73 Å². The second-order valence-electron chi connectivity index (χ2n) is 3.60. The lowest BCUT2D eigenvalue weighted by Crippen LogP contribution is -2.32. The zero-order valence-corrected chi connectivity index (χ0v) is 9.53. The van der Waals surface area contributed by atoms with Gasteiger partial charge in [-0.15, -0.1) is 0 Å². The number of allylic oxidation sites excluding steroid dienone is 1. The van der Waals surface area contributed by atoms with Crippen LogP contribution in [0, 0.1) is 0 Å². The Hall–Kier alpha value is -1.12. The minimum atomic E-state index is 0.349. The van der Waals surface area contributed by atoms with Crippen LogP contribution in [0.4, 0.5) is 0 Å². The third-order valence-corrected chi connectivity index (χ3v) is 2.69. The molecule has 0 saturated carbocycles. The second kappa shape index (κ2) is 6.38. The van der Waals surface area contributed by atoms with E-state index in [9.17, 15) is 0 Å². The molecule has 0 saturated heterocycles. The van der Waals surface area contributed by atoms with E-state index in [2.05, 4.69) is 35.7 Å². The van der Waals surface area contributed by atoms with Crippen molar-refractivity contribution >= 4 is 0 Å². The summed E-state index contributed by atoms with van der Waals surface area (Å²) in [6, 6.07) is 10.8. The smallest absolute Gasteiger partial charge is 0.0329 e. The molecule has 0 bridgehead atoms. The van der Waals surface area contributed by atoms with E-state index in [-0.39, 0.29) is 0 Å². The number of hydrogen-bond donors (Lipinski definition) is 2. The Balaban J connectivity index is 2.70. The summed E-state index contributed by atoms with van der Waals surface area (Å²) in [6.45, 7) is 2.66. The first-order valence-corrected chi connectivity index (χ1v) is 5.38. The molecule has 82 valence electrons. The van der Waals surface area contributed by atoms with Crippen LogP contribution in [0.15, 0.2) is 42.0 Å². The summed E-state index contributed by atoms with van der Waals surface area (Å²) in [5.74, 6) is 0. The molecule has 0 aliphatic heterocycles. The summed E-state index contributed by atoms with van der Waals surface area (Å²) in [5, 5.41) is 3.30. The lowest BCUT2D eigenvalue weighted by Gasteiger charge is -2.18. The van der Waals surface area contributed by atoms with Gasteiger partial charge in [0.2, 0.25) is 0 Å². The minimum absolute atomic E-state index is 0.349. The van der Waals surface area contributed by atoms with Crippen molar-refractivity contribution in [1.82, 2.24) is 5.32 Å². The van der Waals surface area contributed by atoms with E-state index in [0.717, 1.165) is 6.42 Å². The van der Waals surface area contributed by atoms with Gasteiger partial charge in [-0.2, -0.15) is 0 Å². The van der Waals surface area contributed by atoms with Crippen LogP contribution in [0.25, 0.3) is 0 Å². The fourth-order valence-electron chi connectivity index (χ4n) is 1.73. The molecule has 0 radical (unpaired) electrons. The fraction of sp³-hybridized carbons (Fsp3) is 0.385. The molecular formula is C13H20N2. The molecule has 0 amide bonds. The van der Waals surface area contributed by atoms with E-state index >= 15 is 0 Å². The van der Waals surface area contributed by atoms with Crippen molar-refractivity contribution in [2.45, 2.75) is 19.4 Å². The third-order valence-electron chi connectivity index (χ3n) is 2.69. The monoisotopic (exact) mass is 204 g/mol. The van der Waals surface area contributed by atoms with Crippen LogP contribution in [-0.2, 0) is 6.42 Å². The van der Waals surface area contributed by atoms with Gasteiger partial charge < -0.3 is 11.1 Å². The fourth-order valence-corrected chi connectivity index (χ4v) is 1.73. The average molecular weight is 204 g/mol. The van der Waals surface area contributed by atoms with Gasteiger partial charge >= 0.3 is 0 Å². The van der Waals surface area contributed by atoms with E-state index in [1.54, 1.807) is 0 Å². The molecule has 1 aromatic rings. The van der Waals surface area contributed by atoms with Crippen molar-refractivity contribution in [2.75, 3.05) is 13.6 Å². The number of benzene rings is 1. The summed E-state index contributed by atoms with van der Waals surface area (Å²) >= 11 is 0. The highest BCUT2D eigenvalue weighted by atomic mass is 14.9. The third kappa shape index (κ3) is 3.50. The molecule has 1 rings (SSSR count). The van der Waals surface area contributed by atoms with Crippen molar-refractivity contribution in [3.63, 3.8) is 0 Å². The zero-order chi connectivity index (χ0) is 11.1. The molecule has 3 N–H and O–H groups in total. The zero-order valence-electron chi connectivity index (χ0n) is 9.53. The van der Waals surface area contributed by atoms with Crippen molar-refractivity contribution in [1.29, 1.82) is 0 Å². The highest BCUT2D eigenvalue weighted by Crippen LogP contribution is 2.09. The van der Waals surface area contributed by atoms with E-state index in [1.807, 2.05) is 20.0 Å². The summed E-state index contributed by atoms with van der Waals surface area (Å²) in [6.07, 6.45) is 3.10. The molecule has 1 unspecified atom stereocenters. The van der Waals surface area contributed by atoms with E-state index in [0.29, 0.717) is 12.6 Å². The second-order valence-corrected chi connectivity index (χ2v) is 3.60. The first-order valence-electron chi connectivity index (χ1n) is 5.38. The molecule has 15 heavy (non-hydrogen) atoms. The van der Waals surface area contributed by atoms with Gasteiger partial charge in [0.1, 0.15) is 0 Å². The van der Waals surface area contributed by atoms with Gasteiger partial charge in [-0.1, -0.05) is 36.4 Å². The number of hydrogen-bond acceptors (Lipinski definition) is 2. The quantitative estimate of drug-likeness (QED) is 0.717. The van der Waals surface area contributed by atoms with Gasteiger partial charge in [0.05, 0.1) is 0 Å². The maximum atomic E-state index is 5.71. The highest BCUT2D eigenvalue weighted by Gasteiger charge is 2.10. The molecule has 0 spiro atoms. The van der Waals surface area contributed by atoms with Gasteiger partial charge in [0, 0.05) is 12.6 Å². The summed E-state index contributed by atoms with van der Waals surface area (Å²) in [7, 11) is 1.98. The van der Waals surface area contributed by atoms with E-state index < -0.39 is 0 Å². The Kier molecular flexibility index (Phi) is 5.08. The van der Waals surface area contributed by atoms with Crippen LogP contribution in [0.2, 0.25) is 0 Å². The van der Waals surface area contributed by atoms with Crippen molar-refractivity contribution in [3.8, 4) is 0 Å². The molecule has 2 nitrogen and oxygen atoms in total. The van der Waals surface area contributed by atoms with Crippen molar-refractivity contribution < 1.29 is 0 Å². The Morgan fingerprint density at radius 3 is 2.53 bits per heavy atom. The van der Waals surface area contributed by atoms with Crippen LogP contribution < -0.4 is 11.1 Å². The minimum Gasteiger partial charge on any atom is -0.327 e. The molecule has 0 heterocycles. The summed E-state index contributed by atoms with van der Waals surface area (Å²) in [4.78, 5) is 0. The molecule has 1 atom stereocenters. The van der Waals surface area contributed by atoms with Gasteiger partial charge in [0.25, 0.3) is 0 Å². The molecule has 0 fully saturated rings. The molecular weight excluding hydrogens is 184 g/mol. The summed E-state index contributed by atoms with van der Waals surface area (Å²) < 4.78 is 0. The van der Waals surface area contributed by atoms with Crippen molar-refractivity contribution in [3.05, 3.63) is 47.5 Å². The lowest BCUT2D eigenvalue weighted by atomic mass is 9.99. The van der Waals surface area contributed by atoms with Gasteiger partial charge in [-0.25, -0.2) is 0 Å². The largest absolute Gasteiger partial charge is 0.327 e. The predicted octanol–water partition coefficient (Wildman–Crippen LogP) is 1.72. The molecule has 0 aromatic heterocycles. The number of nitrogens with two attached hydrogens (primary N) is 1. The highest BCUT2D eigenvalue weighted by molar-refractivity contribution is 5.21. The van der Waals surface area contributed by atoms with E-state index in [1.165, 1.54) is 11.1 Å². The number of likely N-dealkylation sites (N-methyl/N-ethyl adjacent to an activating group) is 1. The Morgan fingerprint density at radius 1 is 1.40 bits per heavy atom. The average Bonchev–Trinajstić information content (AvgIpc) is 2.30.